The monoisotopic (exact) mass is 278 g/mol. The number of anilines is 1. The Morgan fingerprint density at radius 2 is 2.05 bits per heavy atom. The number of likely N-dealkylation sites (N-methyl/N-ethyl adjacent to an activating group) is 1. The lowest BCUT2D eigenvalue weighted by Crippen LogP contribution is -2.47. The first-order valence-corrected chi connectivity index (χ1v) is 7.07. The molecule has 0 aliphatic carbocycles. The molecule has 20 heavy (non-hydrogen) atoms. The topological polar surface area (TPSA) is 52.6 Å². The second kappa shape index (κ2) is 6.75. The molecule has 0 aliphatic rings. The van der Waals surface area contributed by atoms with E-state index in [1.165, 1.54) is 0 Å². The first-order chi connectivity index (χ1) is 9.33. The Bertz CT molecular complexity index is 470. The molecule has 2 N–H and O–H groups in total. The Morgan fingerprint density at radius 3 is 2.55 bits per heavy atom. The minimum Gasteiger partial charge on any atom is -0.394 e. The zero-order chi connectivity index (χ0) is 15.3. The van der Waals surface area contributed by atoms with Crippen LogP contribution in [0.1, 0.15) is 43.1 Å². The smallest absolute Gasteiger partial charge is 0.254 e. The highest BCUT2D eigenvalue weighted by Gasteiger charge is 2.27. The molecule has 1 rings (SSSR count). The molecule has 4 nitrogen and oxygen atoms in total. The van der Waals surface area contributed by atoms with Crippen molar-refractivity contribution in [2.45, 2.75) is 39.7 Å². The molecule has 0 radical (unpaired) electrons. The number of aliphatic hydroxyl groups is 1. The molecule has 0 heterocycles. The number of aryl methyl sites for hydroxylation is 1. The van der Waals surface area contributed by atoms with Crippen molar-refractivity contribution in [1.29, 1.82) is 0 Å². The van der Waals surface area contributed by atoms with Crippen LogP contribution in [0.2, 0.25) is 0 Å². The van der Waals surface area contributed by atoms with Gasteiger partial charge in [-0.2, -0.15) is 0 Å². The number of amides is 1. The normalized spacial score (nSPS) is 11.3. The van der Waals surface area contributed by atoms with Crippen LogP contribution in [-0.2, 0) is 0 Å². The fourth-order valence-electron chi connectivity index (χ4n) is 1.83. The summed E-state index contributed by atoms with van der Waals surface area (Å²) < 4.78 is 0. The van der Waals surface area contributed by atoms with Crippen LogP contribution in [0.4, 0.5) is 5.69 Å². The van der Waals surface area contributed by atoms with Crippen molar-refractivity contribution in [3.8, 4) is 0 Å². The maximum Gasteiger partial charge on any atom is 0.254 e. The van der Waals surface area contributed by atoms with E-state index in [0.29, 0.717) is 5.56 Å². The highest BCUT2D eigenvalue weighted by atomic mass is 16.3. The van der Waals surface area contributed by atoms with Gasteiger partial charge in [-0.15, -0.1) is 0 Å². The minimum absolute atomic E-state index is 0.0651. The van der Waals surface area contributed by atoms with Crippen LogP contribution >= 0.6 is 0 Å². The summed E-state index contributed by atoms with van der Waals surface area (Å²) in [6, 6.07) is 5.67. The van der Waals surface area contributed by atoms with Gasteiger partial charge in [0.25, 0.3) is 5.91 Å². The summed E-state index contributed by atoms with van der Waals surface area (Å²) in [7, 11) is 1.72. The number of hydrogen-bond acceptors (Lipinski definition) is 3. The number of rotatable bonds is 6. The Morgan fingerprint density at radius 1 is 1.40 bits per heavy atom. The first kappa shape index (κ1) is 16.5. The SMILES string of the molecule is CCCNc1ccc(C(=O)N(C)C(C)(C)CO)cc1C. The van der Waals surface area contributed by atoms with Gasteiger partial charge in [0.15, 0.2) is 0 Å². The summed E-state index contributed by atoms with van der Waals surface area (Å²) >= 11 is 0. The van der Waals surface area contributed by atoms with Crippen molar-refractivity contribution in [1.82, 2.24) is 4.90 Å². The molecular weight excluding hydrogens is 252 g/mol. The molecule has 1 aromatic rings. The summed E-state index contributed by atoms with van der Waals surface area (Å²) in [5.41, 5.74) is 2.20. The molecule has 0 bridgehead atoms. The van der Waals surface area contributed by atoms with Crippen molar-refractivity contribution in [2.24, 2.45) is 0 Å². The van der Waals surface area contributed by atoms with Crippen LogP contribution in [0, 0.1) is 6.92 Å². The van der Waals surface area contributed by atoms with E-state index in [1.54, 1.807) is 11.9 Å². The average molecular weight is 278 g/mol. The molecule has 0 aliphatic heterocycles. The number of carbonyl (C=O) groups excluding carboxylic acids is 1. The van der Waals surface area contributed by atoms with Gasteiger partial charge in [-0.25, -0.2) is 0 Å². The van der Waals surface area contributed by atoms with Gasteiger partial charge in [0.1, 0.15) is 0 Å². The Balaban J connectivity index is 2.92. The summed E-state index contributed by atoms with van der Waals surface area (Å²) in [5.74, 6) is -0.0748. The number of nitrogens with one attached hydrogen (secondary N) is 1. The largest absolute Gasteiger partial charge is 0.394 e. The van der Waals surface area contributed by atoms with Crippen molar-refractivity contribution < 1.29 is 9.90 Å². The lowest BCUT2D eigenvalue weighted by molar-refractivity contribution is 0.0473. The van der Waals surface area contributed by atoms with Gasteiger partial charge in [-0.1, -0.05) is 6.92 Å². The van der Waals surface area contributed by atoms with Crippen molar-refractivity contribution >= 4 is 11.6 Å². The maximum atomic E-state index is 12.4. The number of benzene rings is 1. The first-order valence-electron chi connectivity index (χ1n) is 7.07. The van der Waals surface area contributed by atoms with Crippen molar-refractivity contribution in [3.63, 3.8) is 0 Å². The predicted octanol–water partition coefficient (Wildman–Crippen LogP) is 2.66. The van der Waals surface area contributed by atoms with E-state index in [1.807, 2.05) is 39.0 Å². The Kier molecular flexibility index (Phi) is 5.57. The number of aliphatic hydroxyl groups excluding tert-OH is 1. The molecule has 0 aromatic heterocycles. The van der Waals surface area contributed by atoms with E-state index in [2.05, 4.69) is 12.2 Å². The van der Waals surface area contributed by atoms with Gasteiger partial charge in [-0.05, 0) is 51.0 Å². The molecule has 0 saturated heterocycles. The fraction of sp³-hybridized carbons (Fsp3) is 0.562. The highest BCUT2D eigenvalue weighted by Crippen LogP contribution is 2.20. The quantitative estimate of drug-likeness (QED) is 0.841. The van der Waals surface area contributed by atoms with E-state index in [9.17, 15) is 9.90 Å². The summed E-state index contributed by atoms with van der Waals surface area (Å²) in [5, 5.41) is 12.7. The van der Waals surface area contributed by atoms with Gasteiger partial charge >= 0.3 is 0 Å². The third-order valence-corrected chi connectivity index (χ3v) is 3.64. The zero-order valence-electron chi connectivity index (χ0n) is 13.2. The average Bonchev–Trinajstić information content (AvgIpc) is 2.44. The van der Waals surface area contributed by atoms with Crippen LogP contribution in [-0.4, -0.2) is 41.7 Å². The maximum absolute atomic E-state index is 12.4. The van der Waals surface area contributed by atoms with Crippen LogP contribution in [0.3, 0.4) is 0 Å². The standard InChI is InChI=1S/C16H26N2O2/c1-6-9-17-14-8-7-13(10-12(14)2)15(20)18(5)16(3,4)11-19/h7-8,10,17,19H,6,9,11H2,1-5H3. The van der Waals surface area contributed by atoms with Gasteiger partial charge < -0.3 is 15.3 Å². The number of carbonyl (C=O) groups is 1. The van der Waals surface area contributed by atoms with E-state index in [-0.39, 0.29) is 12.5 Å². The highest BCUT2D eigenvalue weighted by molar-refractivity contribution is 5.95. The van der Waals surface area contributed by atoms with Gasteiger partial charge in [-0.3, -0.25) is 4.79 Å². The van der Waals surface area contributed by atoms with Crippen molar-refractivity contribution in [2.75, 3.05) is 25.5 Å². The Labute approximate surface area is 121 Å². The van der Waals surface area contributed by atoms with E-state index in [0.717, 1.165) is 24.2 Å². The molecule has 0 spiro atoms. The molecule has 0 saturated carbocycles. The Hall–Kier alpha value is -1.55. The van der Waals surface area contributed by atoms with Crippen LogP contribution in [0.25, 0.3) is 0 Å². The van der Waals surface area contributed by atoms with E-state index < -0.39 is 5.54 Å². The predicted molar refractivity (Wildman–Crippen MR) is 83.2 cm³/mol. The van der Waals surface area contributed by atoms with Crippen LogP contribution in [0.15, 0.2) is 18.2 Å². The molecule has 0 unspecified atom stereocenters. The van der Waals surface area contributed by atoms with Gasteiger partial charge in [0, 0.05) is 24.8 Å². The molecule has 112 valence electrons. The molecule has 1 amide bonds. The second-order valence-corrected chi connectivity index (χ2v) is 5.79. The molecule has 0 fully saturated rings. The minimum atomic E-state index is -0.565. The van der Waals surface area contributed by atoms with E-state index in [4.69, 9.17) is 0 Å². The third kappa shape index (κ3) is 3.73. The second-order valence-electron chi connectivity index (χ2n) is 5.79. The summed E-state index contributed by atoms with van der Waals surface area (Å²) in [6.45, 7) is 8.65. The van der Waals surface area contributed by atoms with E-state index >= 15 is 0 Å². The number of nitrogens with zero attached hydrogens (tertiary/aromatic N) is 1. The molecule has 4 heteroatoms. The van der Waals surface area contributed by atoms with Crippen molar-refractivity contribution in [3.05, 3.63) is 29.3 Å². The molecule has 0 atom stereocenters. The third-order valence-electron chi connectivity index (χ3n) is 3.64. The molecular formula is C16H26N2O2. The lowest BCUT2D eigenvalue weighted by atomic mass is 10.0. The van der Waals surface area contributed by atoms with Gasteiger partial charge in [0.05, 0.1) is 12.1 Å². The zero-order valence-corrected chi connectivity index (χ0v) is 13.2. The summed E-state index contributed by atoms with van der Waals surface area (Å²) in [6.07, 6.45) is 1.06. The van der Waals surface area contributed by atoms with Crippen LogP contribution < -0.4 is 5.32 Å². The molecule has 1 aromatic carbocycles. The van der Waals surface area contributed by atoms with Crippen LogP contribution in [0.5, 0.6) is 0 Å². The number of hydrogen-bond donors (Lipinski definition) is 2. The fourth-order valence-corrected chi connectivity index (χ4v) is 1.83. The lowest BCUT2D eigenvalue weighted by Gasteiger charge is -2.34. The van der Waals surface area contributed by atoms with Gasteiger partial charge in [0.2, 0.25) is 0 Å². The summed E-state index contributed by atoms with van der Waals surface area (Å²) in [4.78, 5) is 14.0.